The van der Waals surface area contributed by atoms with E-state index in [2.05, 4.69) is 5.32 Å². The molecule has 4 nitrogen and oxygen atoms in total. The smallest absolute Gasteiger partial charge is 0.407 e. The Morgan fingerprint density at radius 1 is 1.38 bits per heavy atom. The van der Waals surface area contributed by atoms with Crippen LogP contribution in [0.25, 0.3) is 0 Å². The topological polar surface area (TPSA) is 58.6 Å². The van der Waals surface area contributed by atoms with E-state index in [9.17, 15) is 4.79 Å². The second kappa shape index (κ2) is 4.46. The summed E-state index contributed by atoms with van der Waals surface area (Å²) in [6.45, 7) is 8.70. The number of nitrogens with one attached hydrogen (secondary N) is 1. The van der Waals surface area contributed by atoms with Crippen molar-refractivity contribution in [1.29, 1.82) is 0 Å². The lowest BCUT2D eigenvalue weighted by Gasteiger charge is -2.22. The summed E-state index contributed by atoms with van der Waals surface area (Å²) in [6, 6.07) is -0.296. The number of hydrogen-bond acceptors (Lipinski definition) is 3. The van der Waals surface area contributed by atoms with Gasteiger partial charge in [-0.15, -0.1) is 0 Å². The number of ether oxygens (including phenoxy) is 1. The average Bonchev–Trinajstić information content (AvgIpc) is 1.81. The highest BCUT2D eigenvalue weighted by Crippen LogP contribution is 2.06. The molecule has 2 N–H and O–H groups in total. The summed E-state index contributed by atoms with van der Waals surface area (Å²) in [7, 11) is 0. The summed E-state index contributed by atoms with van der Waals surface area (Å²) in [5.41, 5.74) is -0.498. The first-order valence-electron chi connectivity index (χ1n) is 4.40. The fourth-order valence-corrected chi connectivity index (χ4v) is 0.614. The predicted molar refractivity (Wildman–Crippen MR) is 50.5 cm³/mol. The first-order valence-corrected chi connectivity index (χ1v) is 4.40. The lowest BCUT2D eigenvalue weighted by Crippen LogP contribution is -2.42. The Kier molecular flexibility index (Phi) is 4.20. The van der Waals surface area contributed by atoms with E-state index in [4.69, 9.17) is 9.84 Å². The van der Waals surface area contributed by atoms with Gasteiger partial charge in [-0.2, -0.15) is 0 Å². The Morgan fingerprint density at radius 2 is 1.85 bits per heavy atom. The molecule has 0 aliphatic rings. The molecule has 0 aliphatic heterocycles. The Bertz CT molecular complexity index is 172. The van der Waals surface area contributed by atoms with Crippen molar-refractivity contribution < 1.29 is 14.6 Å². The minimum absolute atomic E-state index is 0.296. The van der Waals surface area contributed by atoms with Crippen molar-refractivity contribution in [2.75, 3.05) is 0 Å². The number of aliphatic hydroxyl groups excluding tert-OH is 1. The Morgan fingerprint density at radius 3 is 2.15 bits per heavy atom. The van der Waals surface area contributed by atoms with E-state index < -0.39 is 17.8 Å². The van der Waals surface area contributed by atoms with Crippen molar-refractivity contribution in [2.24, 2.45) is 0 Å². The van der Waals surface area contributed by atoms with Crippen molar-refractivity contribution in [1.82, 2.24) is 5.32 Å². The second-order valence-corrected chi connectivity index (χ2v) is 4.18. The van der Waals surface area contributed by atoms with Gasteiger partial charge in [0.1, 0.15) is 5.60 Å². The SMILES string of the molecule is CC(NC(=O)OC(C)(C)C)[C@H](C)O. The Hall–Kier alpha value is -0.770. The molecule has 0 saturated heterocycles. The summed E-state index contributed by atoms with van der Waals surface area (Å²) in [6.07, 6.45) is -1.08. The lowest BCUT2D eigenvalue weighted by atomic mass is 10.2. The van der Waals surface area contributed by atoms with Crippen LogP contribution in [0.2, 0.25) is 0 Å². The van der Waals surface area contributed by atoms with Gasteiger partial charge in [-0.05, 0) is 34.6 Å². The molecule has 0 radical (unpaired) electrons. The van der Waals surface area contributed by atoms with Crippen LogP contribution in [0.5, 0.6) is 0 Å². The number of alkyl carbamates (subject to hydrolysis) is 1. The summed E-state index contributed by atoms with van der Waals surface area (Å²) in [4.78, 5) is 11.1. The normalized spacial score (nSPS) is 16.2. The molecule has 0 aliphatic carbocycles. The minimum Gasteiger partial charge on any atom is -0.444 e. The maximum atomic E-state index is 11.1. The first kappa shape index (κ1) is 12.2. The van der Waals surface area contributed by atoms with E-state index in [1.54, 1.807) is 34.6 Å². The molecule has 1 amide bonds. The van der Waals surface area contributed by atoms with Gasteiger partial charge in [0.15, 0.2) is 0 Å². The zero-order valence-electron chi connectivity index (χ0n) is 8.92. The van der Waals surface area contributed by atoms with Gasteiger partial charge >= 0.3 is 6.09 Å². The molecule has 1 unspecified atom stereocenters. The maximum Gasteiger partial charge on any atom is 0.407 e. The van der Waals surface area contributed by atoms with Gasteiger partial charge in [-0.3, -0.25) is 0 Å². The van der Waals surface area contributed by atoms with Crippen molar-refractivity contribution in [2.45, 2.75) is 52.4 Å². The predicted octanol–water partition coefficient (Wildman–Crippen LogP) is 1.28. The number of amides is 1. The van der Waals surface area contributed by atoms with Gasteiger partial charge in [0.2, 0.25) is 0 Å². The van der Waals surface area contributed by atoms with Gasteiger partial charge in [0.25, 0.3) is 0 Å². The molecule has 0 fully saturated rings. The first-order chi connectivity index (χ1) is 5.72. The van der Waals surface area contributed by atoms with Crippen molar-refractivity contribution in [3.8, 4) is 0 Å². The van der Waals surface area contributed by atoms with Gasteiger partial charge in [0.05, 0.1) is 12.1 Å². The van der Waals surface area contributed by atoms with Crippen LogP contribution in [0, 0.1) is 0 Å². The summed E-state index contributed by atoms with van der Waals surface area (Å²) in [5, 5.41) is 11.6. The van der Waals surface area contributed by atoms with Crippen molar-refractivity contribution in [3.63, 3.8) is 0 Å². The van der Waals surface area contributed by atoms with Crippen molar-refractivity contribution >= 4 is 6.09 Å². The molecule has 2 atom stereocenters. The second-order valence-electron chi connectivity index (χ2n) is 4.18. The molecule has 0 spiro atoms. The maximum absolute atomic E-state index is 11.1. The van der Waals surface area contributed by atoms with E-state index in [1.165, 1.54) is 0 Å². The van der Waals surface area contributed by atoms with E-state index >= 15 is 0 Å². The molecular weight excluding hydrogens is 170 g/mol. The van der Waals surface area contributed by atoms with E-state index in [-0.39, 0.29) is 6.04 Å². The third kappa shape index (κ3) is 6.40. The van der Waals surface area contributed by atoms with Crippen LogP contribution in [0.15, 0.2) is 0 Å². The van der Waals surface area contributed by atoms with Crippen LogP contribution >= 0.6 is 0 Å². The third-order valence-corrected chi connectivity index (χ3v) is 1.47. The average molecular weight is 189 g/mol. The molecule has 0 heterocycles. The molecule has 0 saturated carbocycles. The standard InChI is InChI=1S/C9H19NO3/c1-6(7(2)11)10-8(12)13-9(3,4)5/h6-7,11H,1-5H3,(H,10,12)/t6?,7-/m0/s1. The van der Waals surface area contributed by atoms with Gasteiger partial charge < -0.3 is 15.2 Å². The summed E-state index contributed by atoms with van der Waals surface area (Å²) < 4.78 is 5.00. The van der Waals surface area contributed by atoms with Crippen LogP contribution in [0.1, 0.15) is 34.6 Å². The Balaban J connectivity index is 3.89. The zero-order chi connectivity index (χ0) is 10.6. The number of hydrogen-bond donors (Lipinski definition) is 2. The summed E-state index contributed by atoms with van der Waals surface area (Å²) in [5.74, 6) is 0. The largest absolute Gasteiger partial charge is 0.444 e. The van der Waals surface area contributed by atoms with E-state index in [0.29, 0.717) is 0 Å². The molecular formula is C9H19NO3. The van der Waals surface area contributed by atoms with Crippen LogP contribution < -0.4 is 5.32 Å². The Labute approximate surface area is 79.3 Å². The lowest BCUT2D eigenvalue weighted by molar-refractivity contribution is 0.0450. The monoisotopic (exact) mass is 189 g/mol. The van der Waals surface area contributed by atoms with Gasteiger partial charge in [-0.1, -0.05) is 0 Å². The van der Waals surface area contributed by atoms with Gasteiger partial charge in [-0.25, -0.2) is 4.79 Å². The molecule has 0 aromatic rings. The van der Waals surface area contributed by atoms with Crippen LogP contribution in [-0.2, 0) is 4.74 Å². The van der Waals surface area contributed by atoms with Crippen LogP contribution in [0.4, 0.5) is 4.79 Å². The minimum atomic E-state index is -0.576. The van der Waals surface area contributed by atoms with Crippen LogP contribution in [0.3, 0.4) is 0 Å². The molecule has 0 aromatic carbocycles. The number of rotatable bonds is 2. The molecule has 4 heteroatoms. The number of aliphatic hydroxyl groups is 1. The number of carbonyl (C=O) groups excluding carboxylic acids is 1. The fourth-order valence-electron chi connectivity index (χ4n) is 0.614. The molecule has 13 heavy (non-hydrogen) atoms. The molecule has 0 aromatic heterocycles. The highest BCUT2D eigenvalue weighted by Gasteiger charge is 2.18. The summed E-state index contributed by atoms with van der Waals surface area (Å²) >= 11 is 0. The molecule has 78 valence electrons. The molecule has 0 rings (SSSR count). The highest BCUT2D eigenvalue weighted by molar-refractivity contribution is 5.68. The fraction of sp³-hybridized carbons (Fsp3) is 0.889. The van der Waals surface area contributed by atoms with Crippen molar-refractivity contribution in [3.05, 3.63) is 0 Å². The van der Waals surface area contributed by atoms with E-state index in [0.717, 1.165) is 0 Å². The van der Waals surface area contributed by atoms with Crippen LogP contribution in [-0.4, -0.2) is 28.9 Å². The molecule has 0 bridgehead atoms. The third-order valence-electron chi connectivity index (χ3n) is 1.47. The quantitative estimate of drug-likeness (QED) is 0.688. The van der Waals surface area contributed by atoms with Gasteiger partial charge in [0, 0.05) is 0 Å². The van der Waals surface area contributed by atoms with E-state index in [1.807, 2.05) is 0 Å². The zero-order valence-corrected chi connectivity index (χ0v) is 8.92. The number of carbonyl (C=O) groups is 1. The highest BCUT2D eigenvalue weighted by atomic mass is 16.6.